The first kappa shape index (κ1) is 5.70. The van der Waals surface area contributed by atoms with Crippen molar-refractivity contribution in [3.63, 3.8) is 0 Å². The predicted molar refractivity (Wildman–Crippen MR) is 27.3 cm³/mol. The molecule has 0 aromatic carbocycles. The molecule has 0 heterocycles. The zero-order valence-electron chi connectivity index (χ0n) is 4.07. The van der Waals surface area contributed by atoms with Crippen LogP contribution < -0.4 is 5.73 Å². The normalized spacial score (nSPS) is 13.7. The summed E-state index contributed by atoms with van der Waals surface area (Å²) in [5, 5.41) is 0. The lowest BCUT2D eigenvalue weighted by molar-refractivity contribution is 0.727. The van der Waals surface area contributed by atoms with Crippen LogP contribution in [0, 0.1) is 5.92 Å². The Kier molecular flexibility index (Phi) is 2.77. The molecule has 0 saturated carbocycles. The number of hydrogen-bond donors (Lipinski definition) is 0. The Hall–Kier alpha value is -0.300. The third-order valence-corrected chi connectivity index (χ3v) is 0.724. The minimum Gasteiger partial charge on any atom is -0.257 e. The third kappa shape index (κ3) is 1.97. The SMILES string of the molecule is C=CC(C)C[NH]. The Morgan fingerprint density at radius 2 is 2.50 bits per heavy atom. The first-order valence-electron chi connectivity index (χ1n) is 2.08. The first-order chi connectivity index (χ1) is 2.81. The largest absolute Gasteiger partial charge is 0.257 e. The number of nitrogens with one attached hydrogen (secondary N) is 1. The molecular formula is C5H10N. The molecule has 35 valence electrons. The molecule has 1 nitrogen and oxygen atoms in total. The van der Waals surface area contributed by atoms with Crippen LogP contribution in [-0.4, -0.2) is 6.54 Å². The summed E-state index contributed by atoms with van der Waals surface area (Å²) in [5.74, 6) is 0.366. The highest BCUT2D eigenvalue weighted by Gasteiger charge is 1.85. The van der Waals surface area contributed by atoms with E-state index in [1.165, 1.54) is 0 Å². The van der Waals surface area contributed by atoms with Gasteiger partial charge in [-0.25, -0.2) is 0 Å². The molecule has 0 spiro atoms. The molecule has 1 radical (unpaired) electrons. The lowest BCUT2D eigenvalue weighted by Gasteiger charge is -1.93. The van der Waals surface area contributed by atoms with E-state index in [0.717, 1.165) is 0 Å². The fourth-order valence-electron chi connectivity index (χ4n) is 0.0833. The van der Waals surface area contributed by atoms with Crippen LogP contribution in [-0.2, 0) is 0 Å². The fourth-order valence-corrected chi connectivity index (χ4v) is 0.0833. The molecule has 0 aliphatic rings. The van der Waals surface area contributed by atoms with Crippen molar-refractivity contribution in [2.75, 3.05) is 6.54 Å². The molecule has 1 unspecified atom stereocenters. The third-order valence-electron chi connectivity index (χ3n) is 0.724. The van der Waals surface area contributed by atoms with Crippen molar-refractivity contribution in [3.05, 3.63) is 12.7 Å². The highest BCUT2D eigenvalue weighted by atomic mass is 14.5. The van der Waals surface area contributed by atoms with E-state index in [-0.39, 0.29) is 0 Å². The quantitative estimate of drug-likeness (QED) is 0.447. The van der Waals surface area contributed by atoms with Gasteiger partial charge in [0.15, 0.2) is 0 Å². The molecular weight excluding hydrogens is 74.1 g/mol. The van der Waals surface area contributed by atoms with Crippen LogP contribution in [0.5, 0.6) is 0 Å². The second kappa shape index (κ2) is 2.91. The summed E-state index contributed by atoms with van der Waals surface area (Å²) in [7, 11) is 0. The van der Waals surface area contributed by atoms with E-state index < -0.39 is 0 Å². The zero-order valence-corrected chi connectivity index (χ0v) is 4.07. The van der Waals surface area contributed by atoms with E-state index >= 15 is 0 Å². The van der Waals surface area contributed by atoms with Crippen LogP contribution in [0.1, 0.15) is 6.92 Å². The fraction of sp³-hybridized carbons (Fsp3) is 0.600. The van der Waals surface area contributed by atoms with Gasteiger partial charge < -0.3 is 0 Å². The van der Waals surface area contributed by atoms with Gasteiger partial charge in [-0.15, -0.1) is 6.58 Å². The molecule has 0 aliphatic heterocycles. The van der Waals surface area contributed by atoms with Crippen molar-refractivity contribution in [3.8, 4) is 0 Å². The maximum atomic E-state index is 6.74. The van der Waals surface area contributed by atoms with E-state index in [0.29, 0.717) is 12.5 Å². The topological polar surface area (TPSA) is 23.8 Å². The molecule has 1 heteroatoms. The summed E-state index contributed by atoms with van der Waals surface area (Å²) in [6.45, 7) is 5.95. The van der Waals surface area contributed by atoms with Gasteiger partial charge in [-0.3, -0.25) is 5.73 Å². The second-order valence-corrected chi connectivity index (χ2v) is 1.42. The van der Waals surface area contributed by atoms with Crippen molar-refractivity contribution >= 4 is 0 Å². The van der Waals surface area contributed by atoms with Gasteiger partial charge in [0.2, 0.25) is 0 Å². The molecule has 0 fully saturated rings. The van der Waals surface area contributed by atoms with Gasteiger partial charge in [-0.05, 0) is 5.92 Å². The average Bonchev–Trinajstić information content (AvgIpc) is 1.65. The Morgan fingerprint density at radius 3 is 2.50 bits per heavy atom. The summed E-state index contributed by atoms with van der Waals surface area (Å²) in [6.07, 6.45) is 1.78. The van der Waals surface area contributed by atoms with Gasteiger partial charge in [0, 0.05) is 6.54 Å². The van der Waals surface area contributed by atoms with E-state index in [4.69, 9.17) is 5.73 Å². The average molecular weight is 84.1 g/mol. The summed E-state index contributed by atoms with van der Waals surface area (Å²) >= 11 is 0. The van der Waals surface area contributed by atoms with E-state index in [2.05, 4.69) is 6.58 Å². The summed E-state index contributed by atoms with van der Waals surface area (Å²) in [5.41, 5.74) is 6.74. The molecule has 0 aromatic heterocycles. The van der Waals surface area contributed by atoms with Gasteiger partial charge in [0.25, 0.3) is 0 Å². The van der Waals surface area contributed by atoms with Crippen LogP contribution >= 0.6 is 0 Å². The van der Waals surface area contributed by atoms with Crippen molar-refractivity contribution < 1.29 is 0 Å². The lowest BCUT2D eigenvalue weighted by Crippen LogP contribution is -1.95. The van der Waals surface area contributed by atoms with E-state index in [1.807, 2.05) is 6.92 Å². The Labute approximate surface area is 38.8 Å². The molecule has 0 bridgehead atoms. The van der Waals surface area contributed by atoms with Crippen molar-refractivity contribution in [2.24, 2.45) is 5.92 Å². The molecule has 1 atom stereocenters. The van der Waals surface area contributed by atoms with E-state index in [9.17, 15) is 0 Å². The molecule has 6 heavy (non-hydrogen) atoms. The van der Waals surface area contributed by atoms with Crippen LogP contribution in [0.2, 0.25) is 0 Å². The van der Waals surface area contributed by atoms with Crippen molar-refractivity contribution in [1.82, 2.24) is 5.73 Å². The van der Waals surface area contributed by atoms with E-state index in [1.54, 1.807) is 6.08 Å². The van der Waals surface area contributed by atoms with Gasteiger partial charge in [0.1, 0.15) is 0 Å². The summed E-state index contributed by atoms with van der Waals surface area (Å²) in [6, 6.07) is 0. The monoisotopic (exact) mass is 84.1 g/mol. The Balaban J connectivity index is 2.96. The number of hydrogen-bond acceptors (Lipinski definition) is 0. The molecule has 0 aromatic rings. The second-order valence-electron chi connectivity index (χ2n) is 1.42. The minimum atomic E-state index is 0.366. The van der Waals surface area contributed by atoms with Gasteiger partial charge in [-0.1, -0.05) is 13.0 Å². The summed E-state index contributed by atoms with van der Waals surface area (Å²) in [4.78, 5) is 0. The Morgan fingerprint density at radius 1 is 2.00 bits per heavy atom. The van der Waals surface area contributed by atoms with Crippen molar-refractivity contribution in [2.45, 2.75) is 6.92 Å². The molecule has 1 N–H and O–H groups in total. The molecule has 0 saturated heterocycles. The molecule has 0 rings (SSSR count). The standard InChI is InChI=1S/C5H10N/c1-3-5(2)4-6/h3,5-6H,1,4H2,2H3. The van der Waals surface area contributed by atoms with Crippen LogP contribution in [0.4, 0.5) is 0 Å². The highest BCUT2D eigenvalue weighted by Crippen LogP contribution is 1.88. The van der Waals surface area contributed by atoms with Crippen LogP contribution in [0.15, 0.2) is 12.7 Å². The van der Waals surface area contributed by atoms with Gasteiger partial charge in [-0.2, -0.15) is 0 Å². The smallest absolute Gasteiger partial charge is 0.0160 e. The molecule has 0 aliphatic carbocycles. The maximum absolute atomic E-state index is 6.74. The lowest BCUT2D eigenvalue weighted by atomic mass is 10.2. The Bertz CT molecular complexity index is 41.2. The van der Waals surface area contributed by atoms with Gasteiger partial charge >= 0.3 is 0 Å². The van der Waals surface area contributed by atoms with Gasteiger partial charge in [0.05, 0.1) is 0 Å². The number of rotatable bonds is 2. The van der Waals surface area contributed by atoms with Crippen LogP contribution in [0.3, 0.4) is 0 Å². The van der Waals surface area contributed by atoms with Crippen LogP contribution in [0.25, 0.3) is 0 Å². The predicted octanol–water partition coefficient (Wildman–Crippen LogP) is 1.09. The summed E-state index contributed by atoms with van der Waals surface area (Å²) < 4.78 is 0. The molecule has 0 amide bonds. The van der Waals surface area contributed by atoms with Crippen molar-refractivity contribution in [1.29, 1.82) is 0 Å². The highest BCUT2D eigenvalue weighted by molar-refractivity contribution is 4.74. The zero-order chi connectivity index (χ0) is 4.99. The first-order valence-corrected chi connectivity index (χ1v) is 2.08. The maximum Gasteiger partial charge on any atom is 0.0160 e. The minimum absolute atomic E-state index is 0.366.